The molecule has 0 saturated heterocycles. The number of allylic oxidation sites excluding steroid dienone is 1. The van der Waals surface area contributed by atoms with Crippen molar-refractivity contribution in [2.24, 2.45) is 0 Å². The first-order valence-electron chi connectivity index (χ1n) is 4.33. The summed E-state index contributed by atoms with van der Waals surface area (Å²) in [6.45, 7) is 0.164. The molecule has 0 aromatic heterocycles. The second-order valence-corrected chi connectivity index (χ2v) is 3.47. The Hall–Kier alpha value is -0.790. The third-order valence-corrected chi connectivity index (χ3v) is 2.74. The molecule has 1 aliphatic rings. The van der Waals surface area contributed by atoms with Crippen LogP contribution in [0.15, 0.2) is 30.3 Å². The minimum atomic E-state index is 0.143. The lowest BCUT2D eigenvalue weighted by Crippen LogP contribution is -1.97. The van der Waals surface area contributed by atoms with Crippen LogP contribution < -0.4 is 0 Å². The summed E-state index contributed by atoms with van der Waals surface area (Å²) in [6, 6.07) is 8.09. The van der Waals surface area contributed by atoms with Gasteiger partial charge in [0.2, 0.25) is 0 Å². The molecule has 0 amide bonds. The molecule has 1 unspecified atom stereocenters. The second kappa shape index (κ2) is 3.52. The summed E-state index contributed by atoms with van der Waals surface area (Å²) >= 11 is 5.81. The molecule has 0 bridgehead atoms. The van der Waals surface area contributed by atoms with E-state index in [-0.39, 0.29) is 12.5 Å². The smallest absolute Gasteiger partial charge is 0.0534 e. The van der Waals surface area contributed by atoms with Gasteiger partial charge < -0.3 is 5.11 Å². The predicted octanol–water partition coefficient (Wildman–Crippen LogP) is 2.40. The predicted molar refractivity (Wildman–Crippen MR) is 55.0 cm³/mol. The average molecular weight is 195 g/mol. The van der Waals surface area contributed by atoms with Crippen LogP contribution in [0.2, 0.25) is 0 Å². The third kappa shape index (κ3) is 1.38. The van der Waals surface area contributed by atoms with Gasteiger partial charge in [0, 0.05) is 11.8 Å². The van der Waals surface area contributed by atoms with E-state index in [1.807, 2.05) is 18.2 Å². The van der Waals surface area contributed by atoms with E-state index < -0.39 is 0 Å². The van der Waals surface area contributed by atoms with Gasteiger partial charge in [-0.15, -0.1) is 11.6 Å². The van der Waals surface area contributed by atoms with Crippen LogP contribution in [0.3, 0.4) is 0 Å². The first kappa shape index (κ1) is 8.79. The molecule has 1 aromatic rings. The number of benzene rings is 1. The summed E-state index contributed by atoms with van der Waals surface area (Å²) in [6.07, 6.45) is 2.05. The van der Waals surface area contributed by atoms with Gasteiger partial charge in [0.25, 0.3) is 0 Å². The van der Waals surface area contributed by atoms with Crippen LogP contribution in [-0.4, -0.2) is 17.6 Å². The average Bonchev–Trinajstić information content (AvgIpc) is 2.56. The number of alkyl halides is 1. The van der Waals surface area contributed by atoms with E-state index in [0.29, 0.717) is 5.88 Å². The zero-order valence-electron chi connectivity index (χ0n) is 7.20. The van der Waals surface area contributed by atoms with Gasteiger partial charge in [0.05, 0.1) is 6.61 Å². The van der Waals surface area contributed by atoms with E-state index in [4.69, 9.17) is 16.7 Å². The summed E-state index contributed by atoms with van der Waals surface area (Å²) in [5.74, 6) is 0.665. The van der Waals surface area contributed by atoms with Crippen molar-refractivity contribution >= 4 is 17.2 Å². The Kier molecular flexibility index (Phi) is 2.38. The number of aliphatic hydroxyl groups excluding tert-OH is 1. The number of halogens is 1. The summed E-state index contributed by atoms with van der Waals surface area (Å²) in [5, 5.41) is 9.14. The van der Waals surface area contributed by atoms with Gasteiger partial charge in [0.15, 0.2) is 0 Å². The maximum atomic E-state index is 9.14. The van der Waals surface area contributed by atoms with Crippen molar-refractivity contribution in [2.75, 3.05) is 12.5 Å². The molecule has 1 N–H and O–H groups in total. The largest absolute Gasteiger partial charge is 0.395 e. The molecule has 1 aliphatic carbocycles. The van der Waals surface area contributed by atoms with Gasteiger partial charge in [-0.2, -0.15) is 0 Å². The number of hydrogen-bond acceptors (Lipinski definition) is 1. The van der Waals surface area contributed by atoms with Gasteiger partial charge in [0.1, 0.15) is 0 Å². The van der Waals surface area contributed by atoms with Crippen LogP contribution in [0.25, 0.3) is 5.57 Å². The molecule has 13 heavy (non-hydrogen) atoms. The first-order valence-corrected chi connectivity index (χ1v) is 4.87. The second-order valence-electron chi connectivity index (χ2n) is 3.20. The van der Waals surface area contributed by atoms with E-state index >= 15 is 0 Å². The number of aliphatic hydroxyl groups is 1. The number of fused-ring (bicyclic) bond motifs is 1. The summed E-state index contributed by atoms with van der Waals surface area (Å²) in [7, 11) is 0. The molecule has 2 rings (SSSR count). The van der Waals surface area contributed by atoms with E-state index in [2.05, 4.69) is 12.1 Å². The monoisotopic (exact) mass is 194 g/mol. The zero-order chi connectivity index (χ0) is 9.26. The molecule has 0 heterocycles. The van der Waals surface area contributed by atoms with E-state index in [0.717, 1.165) is 5.57 Å². The van der Waals surface area contributed by atoms with Crippen LogP contribution in [0.5, 0.6) is 0 Å². The van der Waals surface area contributed by atoms with Crippen LogP contribution in [-0.2, 0) is 0 Å². The van der Waals surface area contributed by atoms with Crippen molar-refractivity contribution < 1.29 is 5.11 Å². The van der Waals surface area contributed by atoms with Gasteiger partial charge in [-0.3, -0.25) is 0 Å². The van der Waals surface area contributed by atoms with Gasteiger partial charge in [-0.25, -0.2) is 0 Å². The van der Waals surface area contributed by atoms with Crippen LogP contribution in [0.1, 0.15) is 17.0 Å². The lowest BCUT2D eigenvalue weighted by Gasteiger charge is -2.05. The molecule has 1 atom stereocenters. The van der Waals surface area contributed by atoms with Crippen molar-refractivity contribution in [2.45, 2.75) is 5.92 Å². The SMILES string of the molecule is OCC1C=C(CCl)c2ccccc21. The molecule has 0 fully saturated rings. The van der Waals surface area contributed by atoms with Crippen molar-refractivity contribution in [3.8, 4) is 0 Å². The highest BCUT2D eigenvalue weighted by Gasteiger charge is 2.20. The Morgan fingerprint density at radius 2 is 2.08 bits per heavy atom. The van der Waals surface area contributed by atoms with Crippen LogP contribution >= 0.6 is 11.6 Å². The zero-order valence-corrected chi connectivity index (χ0v) is 7.96. The minimum absolute atomic E-state index is 0.143. The Morgan fingerprint density at radius 1 is 1.31 bits per heavy atom. The highest BCUT2D eigenvalue weighted by atomic mass is 35.5. The normalized spacial score (nSPS) is 19.8. The van der Waals surface area contributed by atoms with E-state index in [9.17, 15) is 0 Å². The Labute approximate surface area is 82.7 Å². The Bertz CT molecular complexity index is 344. The fourth-order valence-corrected chi connectivity index (χ4v) is 2.04. The highest BCUT2D eigenvalue weighted by molar-refractivity contribution is 6.23. The molecule has 0 saturated carbocycles. The lowest BCUT2D eigenvalue weighted by atomic mass is 10.0. The molecule has 1 aromatic carbocycles. The quantitative estimate of drug-likeness (QED) is 0.717. The molecule has 2 heteroatoms. The molecular formula is C11H11ClO. The van der Waals surface area contributed by atoms with E-state index in [1.165, 1.54) is 11.1 Å². The summed E-state index contributed by atoms with van der Waals surface area (Å²) in [5.41, 5.74) is 3.52. The molecule has 68 valence electrons. The molecular weight excluding hydrogens is 184 g/mol. The molecule has 0 aliphatic heterocycles. The van der Waals surface area contributed by atoms with Crippen molar-refractivity contribution in [3.63, 3.8) is 0 Å². The maximum absolute atomic E-state index is 9.14. The fourth-order valence-electron chi connectivity index (χ4n) is 1.80. The van der Waals surface area contributed by atoms with Gasteiger partial charge >= 0.3 is 0 Å². The van der Waals surface area contributed by atoms with E-state index in [1.54, 1.807) is 0 Å². The van der Waals surface area contributed by atoms with Crippen molar-refractivity contribution in [3.05, 3.63) is 41.5 Å². The first-order chi connectivity index (χ1) is 6.36. The summed E-state index contributed by atoms with van der Waals surface area (Å²) in [4.78, 5) is 0. The number of rotatable bonds is 2. The molecule has 1 nitrogen and oxygen atoms in total. The minimum Gasteiger partial charge on any atom is -0.395 e. The fraction of sp³-hybridized carbons (Fsp3) is 0.273. The highest BCUT2D eigenvalue weighted by Crippen LogP contribution is 2.35. The third-order valence-electron chi connectivity index (χ3n) is 2.45. The van der Waals surface area contributed by atoms with Crippen molar-refractivity contribution in [1.82, 2.24) is 0 Å². The van der Waals surface area contributed by atoms with Crippen LogP contribution in [0.4, 0.5) is 0 Å². The topological polar surface area (TPSA) is 20.2 Å². The Morgan fingerprint density at radius 3 is 2.77 bits per heavy atom. The summed E-state index contributed by atoms with van der Waals surface area (Å²) < 4.78 is 0. The standard InChI is InChI=1S/C11H11ClO/c12-6-8-5-9(7-13)11-4-2-1-3-10(8)11/h1-5,9,13H,6-7H2. The lowest BCUT2D eigenvalue weighted by molar-refractivity contribution is 0.284. The van der Waals surface area contributed by atoms with Crippen molar-refractivity contribution in [1.29, 1.82) is 0 Å². The molecule has 0 spiro atoms. The van der Waals surface area contributed by atoms with Gasteiger partial charge in [-0.1, -0.05) is 30.3 Å². The van der Waals surface area contributed by atoms with Crippen LogP contribution in [0, 0.1) is 0 Å². The molecule has 0 radical (unpaired) electrons. The number of hydrogen-bond donors (Lipinski definition) is 1. The Balaban J connectivity index is 2.47. The van der Waals surface area contributed by atoms with Gasteiger partial charge in [-0.05, 0) is 16.7 Å². The maximum Gasteiger partial charge on any atom is 0.0534 e.